The molecule has 0 atom stereocenters. The third-order valence-corrected chi connectivity index (χ3v) is 5.70. The van der Waals surface area contributed by atoms with Crippen molar-refractivity contribution in [1.82, 2.24) is 9.97 Å². The van der Waals surface area contributed by atoms with Crippen LogP contribution in [0.4, 0.5) is 23.3 Å². The van der Waals surface area contributed by atoms with E-state index < -0.39 is 0 Å². The van der Waals surface area contributed by atoms with Crippen LogP contribution in [0.1, 0.15) is 11.1 Å². The minimum atomic E-state index is 0.179. The maximum Gasteiger partial charge on any atom is 0.231 e. The topological polar surface area (TPSA) is 133 Å². The Balaban J connectivity index is 1.25. The van der Waals surface area contributed by atoms with Gasteiger partial charge >= 0.3 is 0 Å². The molecule has 0 aliphatic carbocycles. The van der Waals surface area contributed by atoms with E-state index in [0.29, 0.717) is 52.0 Å². The highest BCUT2D eigenvalue weighted by Crippen LogP contribution is 2.35. The molecular formula is C27H23N7O5. The van der Waals surface area contributed by atoms with E-state index >= 15 is 0 Å². The molecule has 39 heavy (non-hydrogen) atoms. The van der Waals surface area contributed by atoms with Crippen LogP contribution in [-0.4, -0.2) is 43.1 Å². The van der Waals surface area contributed by atoms with Crippen LogP contribution in [0, 0.1) is 0 Å². The van der Waals surface area contributed by atoms with E-state index in [9.17, 15) is 0 Å². The molecule has 1 aromatic heterocycles. The Bertz CT molecular complexity index is 1470. The SMILES string of the molecule is COc1ccccc1Nc1nc(NN=Cc2cccc3c2OCO3)cc(NN=Cc2cccc3c2OCO3)n1. The first kappa shape index (κ1) is 23.9. The molecule has 6 rings (SSSR count). The molecule has 3 heterocycles. The maximum atomic E-state index is 5.54. The number of para-hydroxylation sites is 4. The molecule has 3 N–H and O–H groups in total. The van der Waals surface area contributed by atoms with Gasteiger partial charge in [0.1, 0.15) is 5.75 Å². The quantitative estimate of drug-likeness (QED) is 0.211. The number of methoxy groups -OCH3 is 1. The molecule has 0 radical (unpaired) electrons. The van der Waals surface area contributed by atoms with E-state index in [-0.39, 0.29) is 13.6 Å². The summed E-state index contributed by atoms with van der Waals surface area (Å²) < 4.78 is 27.4. The van der Waals surface area contributed by atoms with Crippen LogP contribution >= 0.6 is 0 Å². The van der Waals surface area contributed by atoms with Crippen LogP contribution in [0.2, 0.25) is 0 Å². The molecule has 2 aliphatic heterocycles. The zero-order valence-corrected chi connectivity index (χ0v) is 20.7. The summed E-state index contributed by atoms with van der Waals surface area (Å²) in [6, 6.07) is 20.3. The third kappa shape index (κ3) is 5.30. The molecule has 0 saturated heterocycles. The van der Waals surface area contributed by atoms with Gasteiger partial charge in [0.2, 0.25) is 19.5 Å². The number of hydrogen-bond acceptors (Lipinski definition) is 12. The van der Waals surface area contributed by atoms with Gasteiger partial charge in [0.25, 0.3) is 0 Å². The predicted molar refractivity (Wildman–Crippen MR) is 146 cm³/mol. The number of ether oxygens (including phenoxy) is 5. The van der Waals surface area contributed by atoms with Crippen LogP contribution < -0.4 is 39.9 Å². The second-order valence-electron chi connectivity index (χ2n) is 8.19. The van der Waals surface area contributed by atoms with Gasteiger partial charge in [-0.1, -0.05) is 24.3 Å². The molecule has 12 nitrogen and oxygen atoms in total. The van der Waals surface area contributed by atoms with E-state index in [1.54, 1.807) is 25.6 Å². The van der Waals surface area contributed by atoms with E-state index in [2.05, 4.69) is 36.3 Å². The summed E-state index contributed by atoms with van der Waals surface area (Å²) in [4.78, 5) is 9.07. The van der Waals surface area contributed by atoms with Crippen molar-refractivity contribution in [1.29, 1.82) is 0 Å². The summed E-state index contributed by atoms with van der Waals surface area (Å²) in [7, 11) is 1.60. The average Bonchev–Trinajstić information content (AvgIpc) is 3.64. The van der Waals surface area contributed by atoms with Gasteiger partial charge in [-0.25, -0.2) is 0 Å². The number of hydrazone groups is 2. The van der Waals surface area contributed by atoms with Crippen molar-refractivity contribution in [3.63, 3.8) is 0 Å². The summed E-state index contributed by atoms with van der Waals surface area (Å²) in [5.74, 6) is 4.41. The molecule has 12 heteroatoms. The van der Waals surface area contributed by atoms with Crippen molar-refractivity contribution in [3.05, 3.63) is 77.9 Å². The lowest BCUT2D eigenvalue weighted by Gasteiger charge is -2.12. The van der Waals surface area contributed by atoms with Crippen LogP contribution in [0.15, 0.2) is 76.9 Å². The lowest BCUT2D eigenvalue weighted by molar-refractivity contribution is 0.173. The highest BCUT2D eigenvalue weighted by Gasteiger charge is 2.17. The van der Waals surface area contributed by atoms with E-state index in [0.717, 1.165) is 11.1 Å². The van der Waals surface area contributed by atoms with E-state index in [1.807, 2.05) is 60.7 Å². The first-order chi connectivity index (χ1) is 19.3. The van der Waals surface area contributed by atoms with Gasteiger partial charge in [-0.05, 0) is 36.4 Å². The van der Waals surface area contributed by atoms with Crippen molar-refractivity contribution in [2.24, 2.45) is 10.2 Å². The lowest BCUT2D eigenvalue weighted by Crippen LogP contribution is -2.05. The molecule has 196 valence electrons. The second kappa shape index (κ2) is 10.8. The summed E-state index contributed by atoms with van der Waals surface area (Å²) >= 11 is 0. The zero-order chi connectivity index (χ0) is 26.4. The number of aromatic nitrogens is 2. The number of hydrogen-bond donors (Lipinski definition) is 3. The Morgan fingerprint density at radius 1 is 0.744 bits per heavy atom. The van der Waals surface area contributed by atoms with Gasteiger partial charge < -0.3 is 29.0 Å². The molecular weight excluding hydrogens is 502 g/mol. The number of nitrogens with one attached hydrogen (secondary N) is 3. The molecule has 0 fully saturated rings. The van der Waals surface area contributed by atoms with Crippen LogP contribution in [-0.2, 0) is 0 Å². The first-order valence-corrected chi connectivity index (χ1v) is 11.9. The Hall–Kier alpha value is -5.52. The van der Waals surface area contributed by atoms with Crippen LogP contribution in [0.5, 0.6) is 28.7 Å². The first-order valence-electron chi connectivity index (χ1n) is 11.9. The normalized spacial score (nSPS) is 13.2. The van der Waals surface area contributed by atoms with Gasteiger partial charge in [0.05, 0.1) is 25.2 Å². The van der Waals surface area contributed by atoms with Crippen molar-refractivity contribution in [3.8, 4) is 28.7 Å². The molecule has 0 amide bonds. The molecule has 0 spiro atoms. The summed E-state index contributed by atoms with van der Waals surface area (Å²) in [6.45, 7) is 0.357. The van der Waals surface area contributed by atoms with E-state index in [4.69, 9.17) is 23.7 Å². The second-order valence-corrected chi connectivity index (χ2v) is 8.19. The minimum absolute atomic E-state index is 0.179. The van der Waals surface area contributed by atoms with Gasteiger partial charge in [-0.3, -0.25) is 10.9 Å². The standard InChI is InChI=1S/C27H23N7O5/c1-35-20-9-3-2-8-19(20)30-27-31-23(33-28-13-17-6-4-10-21-25(17)38-15-36-21)12-24(32-27)34-29-14-18-7-5-11-22-26(18)39-16-37-22/h2-14H,15-16H2,1H3,(H3,30,31,32,33,34). The lowest BCUT2D eigenvalue weighted by atomic mass is 10.2. The Labute approximate surface area is 223 Å². The van der Waals surface area contributed by atoms with Crippen LogP contribution in [0.3, 0.4) is 0 Å². The minimum Gasteiger partial charge on any atom is -0.495 e. The molecule has 0 saturated carbocycles. The fraction of sp³-hybridized carbons (Fsp3) is 0.111. The van der Waals surface area contributed by atoms with Crippen LogP contribution in [0.25, 0.3) is 0 Å². The Kier molecular flexibility index (Phi) is 6.63. The summed E-state index contributed by atoms with van der Waals surface area (Å²) in [6.07, 6.45) is 3.26. The number of nitrogens with zero attached hydrogens (tertiary/aromatic N) is 4. The average molecular weight is 526 g/mol. The summed E-state index contributed by atoms with van der Waals surface area (Å²) in [5.41, 5.74) is 8.12. The monoisotopic (exact) mass is 525 g/mol. The molecule has 2 aliphatic rings. The van der Waals surface area contributed by atoms with Gasteiger partial charge in [-0.2, -0.15) is 20.2 Å². The molecule has 0 bridgehead atoms. The van der Waals surface area contributed by atoms with Gasteiger partial charge in [0.15, 0.2) is 34.6 Å². The number of benzene rings is 3. The number of anilines is 4. The van der Waals surface area contributed by atoms with Crippen molar-refractivity contribution in [2.45, 2.75) is 0 Å². The predicted octanol–water partition coefficient (Wildman–Crippen LogP) is 4.58. The molecule has 4 aromatic rings. The Morgan fingerprint density at radius 3 is 1.92 bits per heavy atom. The third-order valence-electron chi connectivity index (χ3n) is 5.70. The summed E-state index contributed by atoms with van der Waals surface area (Å²) in [5, 5.41) is 11.8. The maximum absolute atomic E-state index is 5.54. The fourth-order valence-corrected chi connectivity index (χ4v) is 3.93. The molecule has 3 aromatic carbocycles. The molecule has 0 unspecified atom stereocenters. The van der Waals surface area contributed by atoms with Crippen molar-refractivity contribution < 1.29 is 23.7 Å². The van der Waals surface area contributed by atoms with Crippen molar-refractivity contribution in [2.75, 3.05) is 36.9 Å². The largest absolute Gasteiger partial charge is 0.495 e. The highest BCUT2D eigenvalue weighted by molar-refractivity contribution is 5.86. The highest BCUT2D eigenvalue weighted by atomic mass is 16.7. The zero-order valence-electron chi connectivity index (χ0n) is 20.7. The fourth-order valence-electron chi connectivity index (χ4n) is 3.93. The number of fused-ring (bicyclic) bond motifs is 2. The number of rotatable bonds is 9. The van der Waals surface area contributed by atoms with E-state index in [1.165, 1.54) is 0 Å². The van der Waals surface area contributed by atoms with Crippen molar-refractivity contribution >= 4 is 35.7 Å². The Morgan fingerprint density at radius 2 is 1.33 bits per heavy atom. The van der Waals surface area contributed by atoms with Gasteiger partial charge in [0, 0.05) is 17.2 Å². The van der Waals surface area contributed by atoms with Gasteiger partial charge in [-0.15, -0.1) is 0 Å². The smallest absolute Gasteiger partial charge is 0.231 e.